The Morgan fingerprint density at radius 2 is 2.18 bits per heavy atom. The van der Waals surface area contributed by atoms with Crippen molar-refractivity contribution in [1.29, 1.82) is 0 Å². The molecule has 144 valence electrons. The summed E-state index contributed by atoms with van der Waals surface area (Å²) in [6.45, 7) is 2.15. The normalized spacial score (nSPS) is 27.0. The van der Waals surface area contributed by atoms with Gasteiger partial charge in [-0.15, -0.1) is 0 Å². The molecule has 9 heteroatoms. The summed E-state index contributed by atoms with van der Waals surface area (Å²) in [5.74, 6) is -2.92. The Morgan fingerprint density at radius 3 is 3.00 bits per heavy atom. The zero-order valence-electron chi connectivity index (χ0n) is 15.1. The molecule has 0 radical (unpaired) electrons. The second-order valence-electron chi connectivity index (χ2n) is 6.86. The Morgan fingerprint density at radius 1 is 1.29 bits per heavy atom. The lowest BCUT2D eigenvalue weighted by atomic mass is 10.0. The van der Waals surface area contributed by atoms with E-state index >= 15 is 8.78 Å². The number of nitrogens with zero attached hydrogens (tertiary/aromatic N) is 4. The number of alkyl halides is 2. The van der Waals surface area contributed by atoms with Gasteiger partial charge in [0.2, 0.25) is 5.70 Å². The molecule has 1 aromatic heterocycles. The number of rotatable bonds is 3. The van der Waals surface area contributed by atoms with E-state index in [1.54, 1.807) is 24.3 Å². The number of amidine groups is 1. The zero-order chi connectivity index (χ0) is 19.4. The summed E-state index contributed by atoms with van der Waals surface area (Å²) >= 11 is 0. The van der Waals surface area contributed by atoms with Crippen molar-refractivity contribution in [3.05, 3.63) is 47.8 Å². The highest BCUT2D eigenvalue weighted by Crippen LogP contribution is 2.45. The Hall–Kier alpha value is -2.75. The minimum atomic E-state index is -3.31. The van der Waals surface area contributed by atoms with Crippen molar-refractivity contribution in [1.82, 2.24) is 14.8 Å². The van der Waals surface area contributed by atoms with Crippen LogP contribution in [0.3, 0.4) is 0 Å². The van der Waals surface area contributed by atoms with Gasteiger partial charge in [0.05, 0.1) is 31.0 Å². The van der Waals surface area contributed by atoms with E-state index in [0.717, 1.165) is 16.6 Å². The lowest BCUT2D eigenvalue weighted by Gasteiger charge is -2.37. The third-order valence-electron chi connectivity index (χ3n) is 5.27. The van der Waals surface area contributed by atoms with Crippen molar-refractivity contribution in [2.45, 2.75) is 19.0 Å². The van der Waals surface area contributed by atoms with Gasteiger partial charge in [0.1, 0.15) is 0 Å². The molecule has 1 N–H and O–H groups in total. The number of aliphatic imine (C=N–C) groups is 1. The number of hydrogen-bond donors (Lipinski definition) is 1. The maximum Gasteiger partial charge on any atom is 0.351 e. The third-order valence-corrected chi connectivity index (χ3v) is 5.27. The van der Waals surface area contributed by atoms with E-state index in [1.165, 1.54) is 12.4 Å². The van der Waals surface area contributed by atoms with Crippen LogP contribution in [-0.4, -0.2) is 54.2 Å². The fourth-order valence-corrected chi connectivity index (χ4v) is 3.85. The van der Waals surface area contributed by atoms with Gasteiger partial charge in [-0.1, -0.05) is 9.69 Å². The van der Waals surface area contributed by atoms with Gasteiger partial charge < -0.3 is 9.47 Å². The maximum absolute atomic E-state index is 15.6. The largest absolute Gasteiger partial charge is 0.376 e. The molecule has 2 unspecified atom stereocenters. The van der Waals surface area contributed by atoms with Crippen LogP contribution in [0.2, 0.25) is 0 Å². The van der Waals surface area contributed by atoms with Crippen molar-refractivity contribution in [2.75, 3.05) is 19.8 Å². The van der Waals surface area contributed by atoms with Crippen molar-refractivity contribution < 1.29 is 18.3 Å². The monoisotopic (exact) mass is 386 g/mol. The highest BCUT2D eigenvalue weighted by atomic mass is 19.3. The minimum absolute atomic E-state index is 0.132. The second kappa shape index (κ2) is 6.13. The molecule has 1 saturated heterocycles. The number of ether oxygens (including phenoxy) is 2. The number of nitrogens with one attached hydrogen (secondary N) is 1. The predicted molar refractivity (Wildman–Crippen MR) is 101 cm³/mol. The summed E-state index contributed by atoms with van der Waals surface area (Å²) < 4.78 is 41.3. The molecule has 1 aromatic carbocycles. The minimum Gasteiger partial charge on any atom is -0.376 e. The Kier molecular flexibility index (Phi) is 3.80. The molecule has 2 aromatic rings. The van der Waals surface area contributed by atoms with Crippen LogP contribution in [-0.2, 0) is 9.47 Å². The van der Waals surface area contributed by atoms with Crippen LogP contribution in [0.15, 0.2) is 52.2 Å². The van der Waals surface area contributed by atoms with Gasteiger partial charge >= 0.3 is 5.92 Å². The first kappa shape index (κ1) is 17.4. The molecule has 3 aliphatic heterocycles. The highest BCUT2D eigenvalue weighted by molar-refractivity contribution is 6.11. The standard InChI is InChI=1S/C19H18F2N5O2/c1-12-14-6-5-13(9-15(14)25-24-12)26-16(3-2-4-18(26)22-11-23-26)19(20,21)17-10-27-7-8-28-17/h2-6,9,11,17H,7-8,10H2,1H3,(H,24,25)/q+1. The first-order valence-corrected chi connectivity index (χ1v) is 8.97. The molecule has 28 heavy (non-hydrogen) atoms. The summed E-state index contributed by atoms with van der Waals surface area (Å²) in [5, 5.41) is 12.5. The number of aromatic amines is 1. The number of benzene rings is 1. The number of quaternary nitrogens is 1. The van der Waals surface area contributed by atoms with Crippen LogP contribution in [0, 0.1) is 6.92 Å². The topological polar surface area (TPSA) is 71.9 Å². The van der Waals surface area contributed by atoms with Gasteiger partial charge in [0.25, 0.3) is 5.84 Å². The Labute approximate surface area is 159 Å². The smallest absolute Gasteiger partial charge is 0.351 e. The molecule has 5 rings (SSSR count). The predicted octanol–water partition coefficient (Wildman–Crippen LogP) is 3.04. The van der Waals surface area contributed by atoms with E-state index in [2.05, 4.69) is 20.3 Å². The maximum atomic E-state index is 15.6. The van der Waals surface area contributed by atoms with Gasteiger partial charge in [-0.3, -0.25) is 5.10 Å². The molecule has 0 saturated carbocycles. The summed E-state index contributed by atoms with van der Waals surface area (Å²) in [5.41, 5.74) is 1.90. The zero-order valence-corrected chi connectivity index (χ0v) is 15.1. The van der Waals surface area contributed by atoms with Crippen LogP contribution in [0.25, 0.3) is 10.9 Å². The number of aryl methyl sites for hydroxylation is 1. The summed E-state index contributed by atoms with van der Waals surface area (Å²) in [7, 11) is 0. The number of H-pyrrole nitrogens is 1. The van der Waals surface area contributed by atoms with E-state index in [1.807, 2.05) is 13.0 Å². The summed E-state index contributed by atoms with van der Waals surface area (Å²) in [4.78, 5) is 4.24. The molecule has 2 atom stereocenters. The van der Waals surface area contributed by atoms with Crippen LogP contribution in [0.4, 0.5) is 14.5 Å². The number of hydrogen-bond acceptors (Lipinski definition) is 5. The second-order valence-corrected chi connectivity index (χ2v) is 6.86. The van der Waals surface area contributed by atoms with Crippen molar-refractivity contribution in [2.24, 2.45) is 10.1 Å². The molecule has 3 aliphatic rings. The van der Waals surface area contributed by atoms with Gasteiger partial charge in [0.15, 0.2) is 18.1 Å². The molecule has 0 bridgehead atoms. The van der Waals surface area contributed by atoms with E-state index in [0.29, 0.717) is 18.1 Å². The molecule has 1 fully saturated rings. The fourth-order valence-electron chi connectivity index (χ4n) is 3.85. The van der Waals surface area contributed by atoms with Crippen molar-refractivity contribution in [3.63, 3.8) is 0 Å². The lowest BCUT2D eigenvalue weighted by Crippen LogP contribution is -2.57. The van der Waals surface area contributed by atoms with Crippen LogP contribution in [0.1, 0.15) is 5.69 Å². The third kappa shape index (κ3) is 2.33. The molecule has 0 amide bonds. The highest BCUT2D eigenvalue weighted by Gasteiger charge is 2.60. The summed E-state index contributed by atoms with van der Waals surface area (Å²) in [6.07, 6.45) is 4.57. The lowest BCUT2D eigenvalue weighted by molar-refractivity contribution is -0.182. The van der Waals surface area contributed by atoms with E-state index in [9.17, 15) is 0 Å². The SMILES string of the molecule is Cc1n[nH]c2cc([N+]34N=CN=C3C=CC=C4C(F)(F)C3COCCO3)ccc12. The van der Waals surface area contributed by atoms with Crippen LogP contribution >= 0.6 is 0 Å². The average molecular weight is 386 g/mol. The molecule has 7 nitrogen and oxygen atoms in total. The Bertz CT molecular complexity index is 1070. The Balaban J connectivity index is 1.67. The van der Waals surface area contributed by atoms with Gasteiger partial charge in [0, 0.05) is 29.7 Å². The van der Waals surface area contributed by atoms with E-state index in [4.69, 9.17) is 9.47 Å². The van der Waals surface area contributed by atoms with E-state index < -0.39 is 16.6 Å². The van der Waals surface area contributed by atoms with Gasteiger partial charge in [-0.2, -0.15) is 18.9 Å². The van der Waals surface area contributed by atoms with Crippen LogP contribution < -0.4 is 4.59 Å². The molecular formula is C19H18F2N5O2+. The van der Waals surface area contributed by atoms with Crippen molar-refractivity contribution >= 4 is 28.8 Å². The van der Waals surface area contributed by atoms with Gasteiger partial charge in [-0.25, -0.2) is 0 Å². The fraction of sp³-hybridized carbons (Fsp3) is 0.316. The quantitative estimate of drug-likeness (QED) is 0.825. The average Bonchev–Trinajstić information content (AvgIpc) is 3.32. The molecule has 0 aliphatic carbocycles. The first-order chi connectivity index (χ1) is 13.5. The number of aromatic nitrogens is 2. The number of allylic oxidation sites excluding steroid dienone is 2. The van der Waals surface area contributed by atoms with Crippen molar-refractivity contribution in [3.8, 4) is 0 Å². The van der Waals surface area contributed by atoms with Crippen LogP contribution in [0.5, 0.6) is 0 Å². The first-order valence-electron chi connectivity index (χ1n) is 8.97. The number of halogens is 2. The molecule has 0 spiro atoms. The molecule has 4 heterocycles. The van der Waals surface area contributed by atoms with E-state index in [-0.39, 0.29) is 18.9 Å². The molecular weight excluding hydrogens is 368 g/mol. The van der Waals surface area contributed by atoms with Gasteiger partial charge in [-0.05, 0) is 19.1 Å². The summed E-state index contributed by atoms with van der Waals surface area (Å²) in [6, 6.07) is 5.43. The number of fused-ring (bicyclic) bond motifs is 2.